The van der Waals surface area contributed by atoms with Gasteiger partial charge in [0.1, 0.15) is 18.1 Å². The number of hydrogen-bond acceptors (Lipinski definition) is 6. The van der Waals surface area contributed by atoms with Crippen LogP contribution in [0.2, 0.25) is 0 Å². The molecule has 0 unspecified atom stereocenters. The summed E-state index contributed by atoms with van der Waals surface area (Å²) in [6.45, 7) is 0. The summed E-state index contributed by atoms with van der Waals surface area (Å²) in [7, 11) is 0. The fraction of sp³-hybridized carbons (Fsp3) is 0.565. The topological polar surface area (TPSA) is 106 Å². The van der Waals surface area contributed by atoms with Gasteiger partial charge in [-0.05, 0) is 68.4 Å². The minimum atomic E-state index is -1.59. The van der Waals surface area contributed by atoms with Gasteiger partial charge in [0.05, 0.1) is 0 Å². The van der Waals surface area contributed by atoms with Crippen molar-refractivity contribution >= 4 is 11.8 Å². The largest absolute Gasteiger partial charge is 0.480 e. The Hall–Kier alpha value is -2.70. The third-order valence-electron chi connectivity index (χ3n) is 7.62. The first-order valence-corrected chi connectivity index (χ1v) is 10.8. The van der Waals surface area contributed by atoms with Crippen LogP contribution in [0.1, 0.15) is 49.9 Å². The van der Waals surface area contributed by atoms with Crippen molar-refractivity contribution in [2.24, 2.45) is 28.6 Å². The van der Waals surface area contributed by atoms with E-state index in [-0.39, 0.29) is 18.6 Å². The first-order valence-electron chi connectivity index (χ1n) is 10.8. The third kappa shape index (κ3) is 3.20. The summed E-state index contributed by atoms with van der Waals surface area (Å²) < 4.78 is 0. The molecule has 4 fully saturated rings. The maximum atomic E-state index is 14.3. The van der Waals surface area contributed by atoms with Crippen molar-refractivity contribution in [3.05, 3.63) is 48.6 Å². The summed E-state index contributed by atoms with van der Waals surface area (Å²) >= 11 is 0. The van der Waals surface area contributed by atoms with Crippen LogP contribution in [0, 0.1) is 28.6 Å². The molecule has 4 aliphatic rings. The molecule has 7 heteroatoms. The Kier molecular flexibility index (Phi) is 4.64. The quantitative estimate of drug-likeness (QED) is 0.705. The Morgan fingerprint density at radius 1 is 0.900 bits per heavy atom. The number of carboxylic acids is 1. The monoisotopic (exact) mass is 406 g/mol. The van der Waals surface area contributed by atoms with Crippen LogP contribution >= 0.6 is 0 Å². The first kappa shape index (κ1) is 19.3. The van der Waals surface area contributed by atoms with Crippen LogP contribution in [0.4, 0.5) is 0 Å². The van der Waals surface area contributed by atoms with Gasteiger partial charge >= 0.3 is 5.97 Å². The number of ketones is 1. The van der Waals surface area contributed by atoms with E-state index in [0.29, 0.717) is 29.1 Å². The van der Waals surface area contributed by atoms with Gasteiger partial charge in [0.2, 0.25) is 0 Å². The molecule has 0 radical (unpaired) electrons. The van der Waals surface area contributed by atoms with Crippen LogP contribution in [0.15, 0.2) is 37.2 Å². The third-order valence-corrected chi connectivity index (χ3v) is 7.62. The fourth-order valence-electron chi connectivity index (χ4n) is 6.83. The zero-order valence-electron chi connectivity index (χ0n) is 16.9. The van der Waals surface area contributed by atoms with E-state index in [2.05, 4.69) is 19.9 Å². The van der Waals surface area contributed by atoms with E-state index in [1.54, 1.807) is 24.5 Å². The van der Waals surface area contributed by atoms with E-state index in [9.17, 15) is 14.7 Å². The average Bonchev–Trinajstić information content (AvgIpc) is 2.73. The number of hydrogen-bond donors (Lipinski definition) is 1. The highest BCUT2D eigenvalue weighted by Gasteiger charge is 2.61. The van der Waals surface area contributed by atoms with Crippen molar-refractivity contribution < 1.29 is 14.7 Å². The van der Waals surface area contributed by atoms with E-state index < -0.39 is 16.8 Å². The van der Waals surface area contributed by atoms with Crippen molar-refractivity contribution in [2.45, 2.75) is 51.4 Å². The predicted molar refractivity (Wildman–Crippen MR) is 107 cm³/mol. The Morgan fingerprint density at radius 3 is 1.73 bits per heavy atom. The van der Waals surface area contributed by atoms with Gasteiger partial charge in [0.25, 0.3) is 0 Å². The summed E-state index contributed by atoms with van der Waals surface area (Å²) in [6, 6.07) is 3.40. The second kappa shape index (κ2) is 7.22. The number of nitrogens with zero attached hydrogens (tertiary/aromatic N) is 4. The molecule has 0 aliphatic heterocycles. The molecule has 156 valence electrons. The van der Waals surface area contributed by atoms with Gasteiger partial charge in [-0.2, -0.15) is 0 Å². The Labute approximate surface area is 175 Å². The van der Waals surface area contributed by atoms with Crippen LogP contribution in [-0.4, -0.2) is 36.8 Å². The van der Waals surface area contributed by atoms with E-state index in [4.69, 9.17) is 0 Å². The van der Waals surface area contributed by atoms with Crippen LogP contribution in [0.3, 0.4) is 0 Å². The molecule has 4 bridgehead atoms. The molecule has 1 N–H and O–H groups in total. The molecule has 2 aromatic heterocycles. The number of carboxylic acid groups (broad SMARTS) is 1. The summed E-state index contributed by atoms with van der Waals surface area (Å²) in [5.74, 6) is 0.485. The van der Waals surface area contributed by atoms with Crippen molar-refractivity contribution in [3.63, 3.8) is 0 Å². The van der Waals surface area contributed by atoms with Gasteiger partial charge in [0.15, 0.2) is 5.78 Å². The Balaban J connectivity index is 1.57. The van der Waals surface area contributed by atoms with Crippen LogP contribution in [0.5, 0.6) is 0 Å². The highest BCUT2D eigenvalue weighted by molar-refractivity contribution is 6.06. The van der Waals surface area contributed by atoms with Gasteiger partial charge in [0, 0.05) is 42.0 Å². The Morgan fingerprint density at radius 2 is 1.37 bits per heavy atom. The molecule has 6 rings (SSSR count). The van der Waals surface area contributed by atoms with E-state index in [1.807, 2.05) is 0 Å². The van der Waals surface area contributed by atoms with E-state index in [0.717, 1.165) is 19.3 Å². The highest BCUT2D eigenvalue weighted by Crippen LogP contribution is 2.62. The molecule has 0 spiro atoms. The molecule has 4 saturated carbocycles. The molecule has 0 saturated heterocycles. The first-order chi connectivity index (χ1) is 14.5. The maximum absolute atomic E-state index is 14.3. The molecule has 30 heavy (non-hydrogen) atoms. The molecule has 0 atom stereocenters. The van der Waals surface area contributed by atoms with E-state index in [1.165, 1.54) is 31.9 Å². The minimum Gasteiger partial charge on any atom is -0.480 e. The zero-order valence-corrected chi connectivity index (χ0v) is 16.9. The lowest BCUT2D eigenvalue weighted by atomic mass is 9.46. The molecule has 0 amide bonds. The number of aliphatic carboxylic acids is 1. The van der Waals surface area contributed by atoms with Crippen molar-refractivity contribution in [1.82, 2.24) is 19.9 Å². The standard InChI is InChI=1S/C23H26N4O3/c28-20(22-8-15-5-16(9-22)7-17(6-15)10-22)23(21(29)30,11-18-1-3-24-13-26-18)12-19-2-4-25-14-27-19/h1-4,13-17H,5-12H2,(H,29,30). The van der Waals surface area contributed by atoms with Crippen molar-refractivity contribution in [1.29, 1.82) is 0 Å². The molecule has 2 aromatic rings. The van der Waals surface area contributed by atoms with Gasteiger partial charge < -0.3 is 5.11 Å². The normalized spacial score (nSPS) is 29.7. The SMILES string of the molecule is O=C(O)C(Cc1ccncn1)(Cc1ccncn1)C(=O)C12CC3CC(CC(C3)C1)C2. The van der Waals surface area contributed by atoms with Gasteiger partial charge in [-0.25, -0.2) is 19.9 Å². The number of carbonyl (C=O) groups excluding carboxylic acids is 1. The lowest BCUT2D eigenvalue weighted by molar-refractivity contribution is -0.167. The summed E-state index contributed by atoms with van der Waals surface area (Å²) in [5, 5.41) is 10.5. The number of carbonyl (C=O) groups is 2. The zero-order chi connectivity index (χ0) is 20.8. The van der Waals surface area contributed by atoms with Crippen molar-refractivity contribution in [2.75, 3.05) is 0 Å². The second-order valence-electron chi connectivity index (χ2n) is 9.67. The average molecular weight is 406 g/mol. The fourth-order valence-corrected chi connectivity index (χ4v) is 6.83. The van der Waals surface area contributed by atoms with Gasteiger partial charge in [-0.1, -0.05) is 0 Å². The maximum Gasteiger partial charge on any atom is 0.318 e. The lowest BCUT2D eigenvalue weighted by Crippen LogP contribution is -2.57. The Bertz CT molecular complexity index is 871. The molecular formula is C23H26N4O3. The molecule has 4 aliphatic carbocycles. The number of Topliss-reactive ketones (excluding diaryl/α,β-unsaturated/α-hetero) is 1. The molecule has 0 aromatic carbocycles. The lowest BCUT2D eigenvalue weighted by Gasteiger charge is -2.57. The van der Waals surface area contributed by atoms with Gasteiger partial charge in [-0.3, -0.25) is 9.59 Å². The molecule has 2 heterocycles. The molecular weight excluding hydrogens is 380 g/mol. The van der Waals surface area contributed by atoms with Crippen LogP contribution in [0.25, 0.3) is 0 Å². The summed E-state index contributed by atoms with van der Waals surface area (Å²) in [5.41, 5.74) is -0.972. The number of rotatable bonds is 7. The van der Waals surface area contributed by atoms with Crippen LogP contribution in [-0.2, 0) is 22.4 Å². The molecule has 7 nitrogen and oxygen atoms in total. The van der Waals surface area contributed by atoms with E-state index >= 15 is 0 Å². The smallest absolute Gasteiger partial charge is 0.318 e. The number of aromatic nitrogens is 4. The second-order valence-corrected chi connectivity index (χ2v) is 9.67. The predicted octanol–water partition coefficient (Wildman–Crippen LogP) is 2.91. The minimum absolute atomic E-state index is 0.0510. The highest BCUT2D eigenvalue weighted by atomic mass is 16.4. The van der Waals surface area contributed by atoms with Gasteiger partial charge in [-0.15, -0.1) is 0 Å². The van der Waals surface area contributed by atoms with Crippen molar-refractivity contribution in [3.8, 4) is 0 Å². The van der Waals surface area contributed by atoms with Crippen LogP contribution < -0.4 is 0 Å². The summed E-state index contributed by atoms with van der Waals surface area (Å²) in [4.78, 5) is 43.6. The summed E-state index contributed by atoms with van der Waals surface area (Å²) in [6.07, 6.45) is 12.2.